The molecule has 1 aromatic heterocycles. The molecule has 0 saturated carbocycles. The van der Waals surface area contributed by atoms with Crippen LogP contribution >= 0.6 is 0 Å². The summed E-state index contributed by atoms with van der Waals surface area (Å²) in [7, 11) is 0. The quantitative estimate of drug-likeness (QED) is 0.164. The zero-order valence-corrected chi connectivity index (χ0v) is 26.4. The van der Waals surface area contributed by atoms with Gasteiger partial charge in [-0.05, 0) is 73.9 Å². The topological polar surface area (TPSA) is 28.7 Å². The number of halogens is 3. The maximum absolute atomic E-state index is 14.2. The Kier molecular flexibility index (Phi) is 8.90. The monoisotopic (exact) mass is 644 g/mol. The van der Waals surface area contributed by atoms with Gasteiger partial charge in [0.2, 0.25) is 0 Å². The first-order valence-corrected chi connectivity index (χ1v) is 15.9. The van der Waals surface area contributed by atoms with Gasteiger partial charge in [0.05, 0.1) is 0 Å². The summed E-state index contributed by atoms with van der Waals surface area (Å²) >= 11 is 0. The lowest BCUT2D eigenvalue weighted by atomic mass is 9.91. The highest BCUT2D eigenvalue weighted by Crippen LogP contribution is 2.41. The minimum atomic E-state index is -4.58. The largest absolute Gasteiger partial charge is 0.420 e. The van der Waals surface area contributed by atoms with Crippen LogP contribution in [0.2, 0.25) is 0 Å². The first kappa shape index (κ1) is 31.4. The molecule has 0 aliphatic carbocycles. The van der Waals surface area contributed by atoms with Gasteiger partial charge < -0.3 is 0 Å². The van der Waals surface area contributed by atoms with Gasteiger partial charge in [-0.25, -0.2) is 0 Å². The first-order chi connectivity index (χ1) is 23.9. The van der Waals surface area contributed by atoms with Crippen LogP contribution in [0.15, 0.2) is 170 Å². The second kappa shape index (κ2) is 13.9. The average molecular weight is 645 g/mol. The van der Waals surface area contributed by atoms with Crippen LogP contribution in [0.25, 0.3) is 45.7 Å². The Labute approximate surface area is 283 Å². The average Bonchev–Trinajstić information content (AvgIpc) is 3.66. The number of nitrogens with one attached hydrogen (secondary N) is 1. The van der Waals surface area contributed by atoms with Gasteiger partial charge in [0.25, 0.3) is 0 Å². The van der Waals surface area contributed by atoms with Crippen LogP contribution in [0.3, 0.4) is 0 Å². The van der Waals surface area contributed by atoms with E-state index >= 15 is 0 Å². The summed E-state index contributed by atoms with van der Waals surface area (Å²) in [5.41, 5.74) is 8.82. The third-order valence-electron chi connectivity index (χ3n) is 8.43. The number of nitrogens with zero attached hydrogens (tertiary/aromatic N) is 1. The molecule has 5 heteroatoms. The zero-order valence-electron chi connectivity index (χ0n) is 26.4. The molecule has 0 saturated heterocycles. The minimum Gasteiger partial charge on any atom is -0.284 e. The van der Waals surface area contributed by atoms with Crippen molar-refractivity contribution in [2.45, 2.75) is 6.18 Å². The van der Waals surface area contributed by atoms with Crippen LogP contribution in [0.4, 0.5) is 13.2 Å². The van der Waals surface area contributed by atoms with E-state index in [1.165, 1.54) is 0 Å². The summed E-state index contributed by atoms with van der Waals surface area (Å²) in [6.07, 6.45) is 0.488. The highest BCUT2D eigenvalue weighted by Gasteiger charge is 2.36. The lowest BCUT2D eigenvalue weighted by Gasteiger charge is -2.14. The van der Waals surface area contributed by atoms with Crippen LogP contribution in [-0.2, 0) is 6.18 Å². The molecule has 1 heterocycles. The summed E-state index contributed by atoms with van der Waals surface area (Å²) in [5.74, 6) is 0. The number of H-pyrrole nitrogens is 1. The van der Waals surface area contributed by atoms with Gasteiger partial charge in [0.1, 0.15) is 11.3 Å². The SMILES string of the molecule is FC(F)(F)c1c[nH]nc1-c1cc(C=C(c2ccccc2)c2ccccc2)ccc1-c1ccc(C=C(c2ccccc2)c2ccccc2)cc1. The van der Waals surface area contributed by atoms with Crippen molar-refractivity contribution in [3.8, 4) is 22.4 Å². The normalized spacial score (nSPS) is 11.2. The molecule has 0 spiro atoms. The maximum Gasteiger partial charge on any atom is 0.420 e. The van der Waals surface area contributed by atoms with E-state index in [1.807, 2.05) is 140 Å². The molecule has 2 nitrogen and oxygen atoms in total. The van der Waals surface area contributed by atoms with Gasteiger partial charge >= 0.3 is 6.18 Å². The molecule has 0 aliphatic rings. The number of aromatic amines is 1. The third kappa shape index (κ3) is 7.07. The maximum atomic E-state index is 14.2. The summed E-state index contributed by atoms with van der Waals surface area (Å²) in [6.45, 7) is 0. The van der Waals surface area contributed by atoms with Gasteiger partial charge in [-0.15, -0.1) is 0 Å². The van der Waals surface area contributed by atoms with Crippen molar-refractivity contribution in [3.05, 3.63) is 209 Å². The molecule has 0 bridgehead atoms. The number of hydrogen-bond acceptors (Lipinski definition) is 1. The van der Waals surface area contributed by atoms with E-state index in [0.29, 0.717) is 11.1 Å². The van der Waals surface area contributed by atoms with Crippen LogP contribution in [0, 0.1) is 0 Å². The van der Waals surface area contributed by atoms with Crippen LogP contribution in [-0.4, -0.2) is 10.2 Å². The molecule has 7 aromatic rings. The number of alkyl halides is 3. The van der Waals surface area contributed by atoms with Crippen LogP contribution in [0.1, 0.15) is 38.9 Å². The van der Waals surface area contributed by atoms with Crippen molar-refractivity contribution in [1.82, 2.24) is 10.2 Å². The van der Waals surface area contributed by atoms with E-state index in [2.05, 4.69) is 40.5 Å². The van der Waals surface area contributed by atoms with E-state index in [-0.39, 0.29) is 5.69 Å². The molecule has 7 rings (SSSR count). The summed E-state index contributed by atoms with van der Waals surface area (Å²) in [6, 6.07) is 53.8. The molecule has 1 N–H and O–H groups in total. The van der Waals surface area contributed by atoms with Gasteiger partial charge in [0, 0.05) is 11.8 Å². The smallest absolute Gasteiger partial charge is 0.284 e. The molecule has 238 valence electrons. The third-order valence-corrected chi connectivity index (χ3v) is 8.43. The lowest BCUT2D eigenvalue weighted by Crippen LogP contribution is -2.05. The molecule has 49 heavy (non-hydrogen) atoms. The van der Waals surface area contributed by atoms with Gasteiger partial charge in [-0.1, -0.05) is 158 Å². The molecular formula is C44H31F3N2. The molecule has 0 unspecified atom stereocenters. The number of hydrogen-bond donors (Lipinski definition) is 1. The van der Waals surface area contributed by atoms with E-state index in [0.717, 1.165) is 56.3 Å². The molecule has 0 aliphatic heterocycles. The van der Waals surface area contributed by atoms with Crippen molar-refractivity contribution < 1.29 is 13.2 Å². The Balaban J connectivity index is 1.34. The predicted octanol–water partition coefficient (Wildman–Crippen LogP) is 11.9. The Morgan fingerprint density at radius 3 is 1.37 bits per heavy atom. The van der Waals surface area contributed by atoms with Crippen molar-refractivity contribution in [1.29, 1.82) is 0 Å². The highest BCUT2D eigenvalue weighted by atomic mass is 19.4. The second-order valence-corrected chi connectivity index (χ2v) is 11.7. The van der Waals surface area contributed by atoms with Gasteiger partial charge in [0.15, 0.2) is 0 Å². The van der Waals surface area contributed by atoms with E-state index in [9.17, 15) is 13.2 Å². The number of aromatic nitrogens is 2. The first-order valence-electron chi connectivity index (χ1n) is 15.9. The molecule has 0 amide bonds. The zero-order chi connectivity index (χ0) is 33.6. The molecule has 6 aromatic carbocycles. The minimum absolute atomic E-state index is 0.141. The second-order valence-electron chi connectivity index (χ2n) is 11.7. The van der Waals surface area contributed by atoms with E-state index in [4.69, 9.17) is 0 Å². The van der Waals surface area contributed by atoms with Gasteiger partial charge in [-0.2, -0.15) is 18.3 Å². The molecule has 0 atom stereocenters. The van der Waals surface area contributed by atoms with Crippen molar-refractivity contribution in [3.63, 3.8) is 0 Å². The standard InChI is InChI=1S/C44H31F3N2/c45-44(46,47)42-30-48-49-43(42)41-29-32(28-40(35-17-9-3-10-18-35)36-19-11-4-12-20-36)23-26-38(41)37-24-21-31(22-25-37)27-39(33-13-5-1-6-14-33)34-15-7-2-8-16-34/h1-30H,(H,48,49). The number of rotatable bonds is 8. The van der Waals surface area contributed by atoms with Crippen molar-refractivity contribution >= 4 is 23.3 Å². The van der Waals surface area contributed by atoms with Gasteiger partial charge in [-0.3, -0.25) is 5.10 Å². The Morgan fingerprint density at radius 1 is 0.490 bits per heavy atom. The predicted molar refractivity (Wildman–Crippen MR) is 194 cm³/mol. The Hall–Kier alpha value is -6.20. The fourth-order valence-corrected chi connectivity index (χ4v) is 6.04. The molecular weight excluding hydrogens is 613 g/mol. The summed E-state index contributed by atoms with van der Waals surface area (Å²) in [4.78, 5) is 0. The summed E-state index contributed by atoms with van der Waals surface area (Å²) in [5, 5.41) is 6.59. The molecule has 0 radical (unpaired) electrons. The number of benzene rings is 6. The van der Waals surface area contributed by atoms with E-state index in [1.54, 1.807) is 6.07 Å². The van der Waals surface area contributed by atoms with Crippen molar-refractivity contribution in [2.75, 3.05) is 0 Å². The van der Waals surface area contributed by atoms with Crippen molar-refractivity contribution in [2.24, 2.45) is 0 Å². The fourth-order valence-electron chi connectivity index (χ4n) is 6.04. The Morgan fingerprint density at radius 2 is 0.918 bits per heavy atom. The van der Waals surface area contributed by atoms with E-state index < -0.39 is 11.7 Å². The highest BCUT2D eigenvalue weighted by molar-refractivity contribution is 5.94. The van der Waals surface area contributed by atoms with Crippen LogP contribution < -0.4 is 0 Å². The Bertz CT molecular complexity index is 2130. The van der Waals surface area contributed by atoms with Crippen LogP contribution in [0.5, 0.6) is 0 Å². The fraction of sp³-hybridized carbons (Fsp3) is 0.0227. The summed E-state index contributed by atoms with van der Waals surface area (Å²) < 4.78 is 42.7. The lowest BCUT2D eigenvalue weighted by molar-refractivity contribution is -0.137. The molecule has 0 fully saturated rings.